The van der Waals surface area contributed by atoms with E-state index < -0.39 is 10.1 Å². The number of nitrogens with zero attached hydrogens (tertiary/aromatic N) is 1. The van der Waals surface area contributed by atoms with Gasteiger partial charge in [-0.2, -0.15) is 0 Å². The average Bonchev–Trinajstić information content (AvgIpc) is 2.67. The Bertz CT molecular complexity index is 770. The molecule has 1 heterocycles. The first-order chi connectivity index (χ1) is 10.1. The number of nitrogen functional groups attached to an aromatic ring is 1. The zero-order chi connectivity index (χ0) is 17.1. The molecule has 1 aromatic carbocycles. The Morgan fingerprint density at radius 3 is 2.00 bits per heavy atom. The highest BCUT2D eigenvalue weighted by atomic mass is 32.2. The van der Waals surface area contributed by atoms with E-state index in [1.54, 1.807) is 42.0 Å². The molecule has 7 heteroatoms. The van der Waals surface area contributed by atoms with Gasteiger partial charge in [0, 0.05) is 6.92 Å². The molecule has 22 heavy (non-hydrogen) atoms. The number of benzene rings is 1. The van der Waals surface area contributed by atoms with Crippen molar-refractivity contribution in [3.8, 4) is 0 Å². The maximum absolute atomic E-state index is 10.8. The minimum atomic E-state index is -4.33. The number of nitrogens with two attached hydrogens (primary N) is 1. The van der Waals surface area contributed by atoms with Gasteiger partial charge in [-0.1, -0.05) is 40.3 Å². The van der Waals surface area contributed by atoms with E-state index in [0.29, 0.717) is 11.1 Å². The van der Waals surface area contributed by atoms with Gasteiger partial charge < -0.3 is 4.55 Å². The van der Waals surface area contributed by atoms with Crippen molar-refractivity contribution in [2.75, 3.05) is 5.84 Å². The third-order valence-electron chi connectivity index (χ3n) is 3.08. The van der Waals surface area contributed by atoms with Crippen molar-refractivity contribution in [3.05, 3.63) is 51.5 Å². The van der Waals surface area contributed by atoms with Crippen LogP contribution in [0.1, 0.15) is 27.3 Å². The molecule has 0 amide bonds. The third-order valence-corrected chi connectivity index (χ3v) is 5.27. The zero-order valence-corrected chi connectivity index (χ0v) is 14.7. The molecule has 0 aliphatic carbocycles. The zero-order valence-electron chi connectivity index (χ0n) is 13.1. The highest BCUT2D eigenvalue weighted by Gasteiger charge is 2.09. The number of hydrogen-bond acceptors (Lipinski definition) is 5. The molecule has 0 aliphatic heterocycles. The Hall–Kier alpha value is -1.70. The van der Waals surface area contributed by atoms with Crippen LogP contribution in [0.3, 0.4) is 0 Å². The van der Waals surface area contributed by atoms with Crippen LogP contribution in [0.2, 0.25) is 0 Å². The maximum Gasteiger partial charge on any atom is 0.255 e. The van der Waals surface area contributed by atoms with Crippen molar-refractivity contribution >= 4 is 27.5 Å². The highest BCUT2D eigenvalue weighted by molar-refractivity contribution is 7.85. The standard InChI is InChI=1S/C9H12O3S.C6H9N2S/c1-6-4-7(2)9(8(3)5-6)13(10,11)12;1-3-6-5(2)8(7)4-9-6/h4-5H,1-3H3,(H,10,11,12);3-4H,1,7H2,2H3/q;+1/p-1. The number of rotatable bonds is 2. The quantitative estimate of drug-likeness (QED) is 0.516. The summed E-state index contributed by atoms with van der Waals surface area (Å²) in [5, 5.41) is 0. The molecule has 0 fully saturated rings. The Balaban J connectivity index is 0.000000235. The molecule has 0 radical (unpaired) electrons. The van der Waals surface area contributed by atoms with E-state index in [2.05, 4.69) is 6.58 Å². The highest BCUT2D eigenvalue weighted by Crippen LogP contribution is 2.20. The lowest BCUT2D eigenvalue weighted by molar-refractivity contribution is -0.640. The summed E-state index contributed by atoms with van der Waals surface area (Å²) in [7, 11) is -4.33. The Labute approximate surface area is 135 Å². The first-order valence-corrected chi connectivity index (χ1v) is 8.77. The molecule has 0 saturated heterocycles. The van der Waals surface area contributed by atoms with Crippen LogP contribution in [-0.2, 0) is 10.1 Å². The summed E-state index contributed by atoms with van der Waals surface area (Å²) in [5.41, 5.74) is 4.92. The fraction of sp³-hybridized carbons (Fsp3) is 0.267. The van der Waals surface area contributed by atoms with Crippen molar-refractivity contribution < 1.29 is 17.6 Å². The van der Waals surface area contributed by atoms with Gasteiger partial charge >= 0.3 is 0 Å². The van der Waals surface area contributed by atoms with E-state index in [1.165, 1.54) is 0 Å². The second kappa shape index (κ2) is 7.04. The minimum Gasteiger partial charge on any atom is -0.744 e. The van der Waals surface area contributed by atoms with E-state index in [0.717, 1.165) is 16.1 Å². The van der Waals surface area contributed by atoms with Crippen LogP contribution in [0.15, 0.2) is 29.1 Å². The number of thiazole rings is 1. The summed E-state index contributed by atoms with van der Waals surface area (Å²) in [6, 6.07) is 3.38. The summed E-state index contributed by atoms with van der Waals surface area (Å²) >= 11 is 1.60. The largest absolute Gasteiger partial charge is 0.744 e. The van der Waals surface area contributed by atoms with Gasteiger partial charge in [0.2, 0.25) is 5.69 Å². The van der Waals surface area contributed by atoms with Crippen molar-refractivity contribution in [2.24, 2.45) is 0 Å². The molecular weight excluding hydrogens is 320 g/mol. The van der Waals surface area contributed by atoms with E-state index in [-0.39, 0.29) is 4.90 Å². The molecule has 0 unspecified atom stereocenters. The van der Waals surface area contributed by atoms with Gasteiger partial charge in [-0.15, -0.1) is 0 Å². The molecular formula is C15H20N2O3S2. The molecule has 0 saturated carbocycles. The van der Waals surface area contributed by atoms with E-state index >= 15 is 0 Å². The fourth-order valence-electron chi connectivity index (χ4n) is 2.16. The Kier molecular flexibility index (Phi) is 5.87. The lowest BCUT2D eigenvalue weighted by Crippen LogP contribution is -2.44. The molecule has 2 aromatic rings. The molecule has 1 aromatic heterocycles. The van der Waals surface area contributed by atoms with Crippen LogP contribution >= 0.6 is 11.3 Å². The smallest absolute Gasteiger partial charge is 0.255 e. The molecule has 0 bridgehead atoms. The molecule has 0 aliphatic rings. The van der Waals surface area contributed by atoms with Crippen molar-refractivity contribution in [2.45, 2.75) is 32.6 Å². The van der Waals surface area contributed by atoms with Crippen molar-refractivity contribution in [1.29, 1.82) is 0 Å². The monoisotopic (exact) mass is 340 g/mol. The van der Waals surface area contributed by atoms with E-state index in [4.69, 9.17) is 5.84 Å². The Morgan fingerprint density at radius 2 is 1.73 bits per heavy atom. The summed E-state index contributed by atoms with van der Waals surface area (Å²) in [4.78, 5) is 1.05. The number of aryl methyl sites for hydroxylation is 3. The maximum atomic E-state index is 10.8. The van der Waals surface area contributed by atoms with Gasteiger partial charge in [0.25, 0.3) is 5.51 Å². The van der Waals surface area contributed by atoms with Crippen LogP contribution in [0.25, 0.3) is 6.08 Å². The van der Waals surface area contributed by atoms with Crippen LogP contribution in [0.5, 0.6) is 0 Å². The minimum absolute atomic E-state index is 0.0851. The predicted molar refractivity (Wildman–Crippen MR) is 88.1 cm³/mol. The lowest BCUT2D eigenvalue weighted by Gasteiger charge is -2.14. The van der Waals surface area contributed by atoms with Gasteiger partial charge in [0.05, 0.1) is 4.90 Å². The second-order valence-corrected chi connectivity index (χ2v) is 7.17. The van der Waals surface area contributed by atoms with Gasteiger partial charge in [-0.25, -0.2) is 14.3 Å². The number of aromatic nitrogens is 1. The lowest BCUT2D eigenvalue weighted by atomic mass is 10.1. The molecule has 0 atom stereocenters. The fourth-order valence-corrected chi connectivity index (χ4v) is 3.83. The average molecular weight is 340 g/mol. The summed E-state index contributed by atoms with van der Waals surface area (Å²) < 4.78 is 34.1. The molecule has 0 spiro atoms. The third kappa shape index (κ3) is 4.40. The van der Waals surface area contributed by atoms with Crippen molar-refractivity contribution in [3.63, 3.8) is 0 Å². The topological polar surface area (TPSA) is 87.1 Å². The SMILES string of the molecule is C=Cc1sc[n+](N)c1C.Cc1cc(C)c(S(=O)(=O)[O-])c(C)c1. The molecule has 2 rings (SSSR count). The van der Waals surface area contributed by atoms with Crippen molar-refractivity contribution in [1.82, 2.24) is 0 Å². The second-order valence-electron chi connectivity index (χ2n) is 4.97. The Morgan fingerprint density at radius 1 is 1.23 bits per heavy atom. The van der Waals surface area contributed by atoms with Crippen LogP contribution in [0, 0.1) is 27.7 Å². The first kappa shape index (κ1) is 18.3. The van der Waals surface area contributed by atoms with Gasteiger partial charge in [0.15, 0.2) is 0 Å². The van der Waals surface area contributed by atoms with Crippen LogP contribution in [-0.4, -0.2) is 13.0 Å². The summed E-state index contributed by atoms with van der Waals surface area (Å²) in [6.45, 7) is 10.7. The summed E-state index contributed by atoms with van der Waals surface area (Å²) in [6.07, 6.45) is 1.81. The molecule has 2 N–H and O–H groups in total. The molecule has 120 valence electrons. The first-order valence-electron chi connectivity index (χ1n) is 6.49. The van der Waals surface area contributed by atoms with Gasteiger partial charge in [-0.05, 0) is 38.0 Å². The van der Waals surface area contributed by atoms with Crippen LogP contribution < -0.4 is 10.5 Å². The van der Waals surface area contributed by atoms with Gasteiger partial charge in [0.1, 0.15) is 15.0 Å². The summed E-state index contributed by atoms with van der Waals surface area (Å²) in [5.74, 6) is 5.50. The molecule has 5 nitrogen and oxygen atoms in total. The van der Waals surface area contributed by atoms with Gasteiger partial charge in [-0.3, -0.25) is 0 Å². The number of hydrogen-bond donors (Lipinski definition) is 1. The van der Waals surface area contributed by atoms with E-state index in [1.807, 2.05) is 25.4 Å². The van der Waals surface area contributed by atoms with Crippen LogP contribution in [0.4, 0.5) is 0 Å². The van der Waals surface area contributed by atoms with E-state index in [9.17, 15) is 13.0 Å². The normalized spacial score (nSPS) is 10.8. The predicted octanol–water partition coefficient (Wildman–Crippen LogP) is 2.22.